The molecule has 8 nitrogen and oxygen atoms in total. The molecule has 0 aliphatic carbocycles. The van der Waals surface area contributed by atoms with Gasteiger partial charge < -0.3 is 10.1 Å². The molecule has 0 amide bonds. The quantitative estimate of drug-likeness (QED) is 0.388. The summed E-state index contributed by atoms with van der Waals surface area (Å²) in [6.45, 7) is 0.482. The van der Waals surface area contributed by atoms with E-state index in [2.05, 4.69) is 10.0 Å². The Bertz CT molecular complexity index is 1100. The van der Waals surface area contributed by atoms with E-state index < -0.39 is 14.9 Å². The minimum Gasteiger partial charge on any atom is -0.495 e. The number of ether oxygens (including phenoxy) is 1. The molecular formula is C19H19N3O5S2. The molecule has 1 aromatic heterocycles. The molecule has 0 bridgehead atoms. The monoisotopic (exact) mass is 433 g/mol. The summed E-state index contributed by atoms with van der Waals surface area (Å²) in [5.41, 5.74) is 0.217. The van der Waals surface area contributed by atoms with Crippen LogP contribution in [-0.2, 0) is 16.4 Å². The van der Waals surface area contributed by atoms with E-state index in [1.54, 1.807) is 35.6 Å². The van der Waals surface area contributed by atoms with Crippen LogP contribution in [-0.4, -0.2) is 27.0 Å². The van der Waals surface area contributed by atoms with Gasteiger partial charge in [0.25, 0.3) is 15.7 Å². The highest BCUT2D eigenvalue weighted by atomic mass is 32.2. The van der Waals surface area contributed by atoms with Crippen molar-refractivity contribution in [3.05, 3.63) is 75.0 Å². The fourth-order valence-electron chi connectivity index (χ4n) is 2.70. The minimum absolute atomic E-state index is 0.205. The van der Waals surface area contributed by atoms with Crippen LogP contribution in [0, 0.1) is 10.1 Å². The number of hydrogen-bond donors (Lipinski definition) is 2. The average Bonchev–Trinajstić information content (AvgIpc) is 3.21. The molecule has 0 aliphatic rings. The third-order valence-corrected chi connectivity index (χ3v) is 6.43. The first-order valence-corrected chi connectivity index (χ1v) is 11.0. The molecular weight excluding hydrogens is 414 g/mol. The van der Waals surface area contributed by atoms with Crippen LogP contribution >= 0.6 is 11.3 Å². The average molecular weight is 434 g/mol. The summed E-state index contributed by atoms with van der Waals surface area (Å²) in [6, 6.07) is 14.2. The van der Waals surface area contributed by atoms with Gasteiger partial charge in [-0.05, 0) is 36.1 Å². The van der Waals surface area contributed by atoms with Crippen LogP contribution in [0.3, 0.4) is 0 Å². The summed E-state index contributed by atoms with van der Waals surface area (Å²) in [7, 11) is -2.68. The summed E-state index contributed by atoms with van der Waals surface area (Å²) < 4.78 is 33.7. The van der Waals surface area contributed by atoms with Crippen molar-refractivity contribution in [1.82, 2.24) is 0 Å². The van der Waals surface area contributed by atoms with E-state index in [1.807, 2.05) is 17.5 Å². The molecule has 0 radical (unpaired) electrons. The van der Waals surface area contributed by atoms with E-state index in [1.165, 1.54) is 19.2 Å². The van der Waals surface area contributed by atoms with Crippen LogP contribution in [0.5, 0.6) is 5.75 Å². The molecule has 29 heavy (non-hydrogen) atoms. The van der Waals surface area contributed by atoms with Gasteiger partial charge >= 0.3 is 0 Å². The predicted molar refractivity (Wildman–Crippen MR) is 113 cm³/mol. The van der Waals surface area contributed by atoms with Gasteiger partial charge in [-0.1, -0.05) is 18.2 Å². The molecule has 2 N–H and O–H groups in total. The Morgan fingerprint density at radius 2 is 1.90 bits per heavy atom. The zero-order valence-electron chi connectivity index (χ0n) is 15.5. The lowest BCUT2D eigenvalue weighted by atomic mass is 10.2. The number of nitro groups is 1. The topological polar surface area (TPSA) is 111 Å². The van der Waals surface area contributed by atoms with Gasteiger partial charge in [-0.25, -0.2) is 8.42 Å². The maximum Gasteiger partial charge on any atom is 0.270 e. The summed E-state index contributed by atoms with van der Waals surface area (Å²) in [6.07, 6.45) is 0.702. The van der Waals surface area contributed by atoms with Crippen molar-refractivity contribution < 1.29 is 18.1 Å². The van der Waals surface area contributed by atoms with Gasteiger partial charge in [0.15, 0.2) is 0 Å². The zero-order chi connectivity index (χ0) is 20.9. The van der Waals surface area contributed by atoms with E-state index in [9.17, 15) is 18.5 Å². The van der Waals surface area contributed by atoms with Crippen molar-refractivity contribution in [2.75, 3.05) is 23.7 Å². The number of nitrogens with zero attached hydrogens (tertiary/aromatic N) is 1. The number of thiophene rings is 1. The molecule has 0 atom stereocenters. The minimum atomic E-state index is -4.11. The summed E-state index contributed by atoms with van der Waals surface area (Å²) >= 11 is 1.61. The number of nitro benzene ring substituents is 1. The number of hydrogen-bond acceptors (Lipinski definition) is 7. The van der Waals surface area contributed by atoms with Gasteiger partial charge in [-0.15, -0.1) is 11.3 Å². The van der Waals surface area contributed by atoms with Crippen LogP contribution in [0.2, 0.25) is 0 Å². The van der Waals surface area contributed by atoms with Crippen molar-refractivity contribution >= 4 is 38.4 Å². The lowest BCUT2D eigenvalue weighted by molar-refractivity contribution is -0.385. The number of nitrogens with one attached hydrogen (secondary N) is 2. The first kappa shape index (κ1) is 20.6. The molecule has 1 heterocycles. The SMILES string of the molecule is COc1ccccc1NS(=O)(=O)c1cc([N+](=O)[O-])ccc1NCCc1cccs1. The van der Waals surface area contributed by atoms with Gasteiger partial charge in [0.05, 0.1) is 23.4 Å². The van der Waals surface area contributed by atoms with Crippen molar-refractivity contribution in [2.24, 2.45) is 0 Å². The van der Waals surface area contributed by atoms with Crippen molar-refractivity contribution in [3.63, 3.8) is 0 Å². The Balaban J connectivity index is 1.91. The molecule has 3 rings (SSSR count). The predicted octanol–water partition coefficient (Wildman–Crippen LogP) is 4.12. The molecule has 0 unspecified atom stereocenters. The van der Waals surface area contributed by atoms with Gasteiger partial charge in [0.2, 0.25) is 0 Å². The second kappa shape index (κ2) is 8.93. The van der Waals surface area contributed by atoms with E-state index in [4.69, 9.17) is 4.74 Å². The number of anilines is 2. The molecule has 0 saturated carbocycles. The first-order valence-electron chi connectivity index (χ1n) is 8.61. The zero-order valence-corrected chi connectivity index (χ0v) is 17.1. The summed E-state index contributed by atoms with van der Waals surface area (Å²) in [5, 5.41) is 16.2. The molecule has 2 aromatic carbocycles. The fourth-order valence-corrected chi connectivity index (χ4v) is 4.68. The molecule has 0 aliphatic heterocycles. The number of methoxy groups -OCH3 is 1. The Kier molecular flexibility index (Phi) is 6.35. The van der Waals surface area contributed by atoms with Gasteiger partial charge in [0, 0.05) is 23.6 Å². The molecule has 10 heteroatoms. The number of para-hydroxylation sites is 2. The van der Waals surface area contributed by atoms with E-state index in [-0.39, 0.29) is 22.0 Å². The maximum atomic E-state index is 13.0. The summed E-state index contributed by atoms with van der Waals surface area (Å²) in [5.74, 6) is 0.341. The van der Waals surface area contributed by atoms with Crippen molar-refractivity contribution in [1.29, 1.82) is 0 Å². The van der Waals surface area contributed by atoms with Crippen LogP contribution in [0.4, 0.5) is 17.1 Å². The Morgan fingerprint density at radius 1 is 1.10 bits per heavy atom. The normalized spacial score (nSPS) is 11.1. The third-order valence-electron chi connectivity index (χ3n) is 4.08. The Labute approximate surface area is 172 Å². The molecule has 0 saturated heterocycles. The van der Waals surface area contributed by atoms with Crippen LogP contribution in [0.1, 0.15) is 4.88 Å². The number of benzene rings is 2. The van der Waals surface area contributed by atoms with Crippen molar-refractivity contribution in [3.8, 4) is 5.75 Å². The highest BCUT2D eigenvalue weighted by molar-refractivity contribution is 7.93. The van der Waals surface area contributed by atoms with E-state index in [0.717, 1.165) is 10.9 Å². The number of non-ortho nitro benzene ring substituents is 1. The van der Waals surface area contributed by atoms with Gasteiger partial charge in [-0.3, -0.25) is 14.8 Å². The molecule has 152 valence electrons. The molecule has 3 aromatic rings. The van der Waals surface area contributed by atoms with E-state index >= 15 is 0 Å². The lowest BCUT2D eigenvalue weighted by Gasteiger charge is -2.15. The second-order valence-corrected chi connectivity index (χ2v) is 8.68. The molecule has 0 spiro atoms. The maximum absolute atomic E-state index is 13.0. The number of sulfonamides is 1. The Morgan fingerprint density at radius 3 is 2.59 bits per heavy atom. The highest BCUT2D eigenvalue weighted by Gasteiger charge is 2.23. The van der Waals surface area contributed by atoms with Crippen LogP contribution in [0.15, 0.2) is 64.9 Å². The standard InChI is InChI=1S/C19H19N3O5S2/c1-27-18-7-3-2-6-16(18)21-29(25,26)19-13-14(22(23)24)8-9-17(19)20-11-10-15-5-4-12-28-15/h2-9,12-13,20-21H,10-11H2,1H3. The van der Waals surface area contributed by atoms with Gasteiger partial charge in [0.1, 0.15) is 10.6 Å². The van der Waals surface area contributed by atoms with E-state index in [0.29, 0.717) is 18.7 Å². The smallest absolute Gasteiger partial charge is 0.270 e. The summed E-state index contributed by atoms with van der Waals surface area (Å²) in [4.78, 5) is 11.5. The number of rotatable bonds is 9. The van der Waals surface area contributed by atoms with Crippen LogP contribution in [0.25, 0.3) is 0 Å². The highest BCUT2D eigenvalue weighted by Crippen LogP contribution is 2.31. The van der Waals surface area contributed by atoms with Crippen LogP contribution < -0.4 is 14.8 Å². The fraction of sp³-hybridized carbons (Fsp3) is 0.158. The van der Waals surface area contributed by atoms with Gasteiger partial charge in [-0.2, -0.15) is 0 Å². The lowest BCUT2D eigenvalue weighted by Crippen LogP contribution is -2.17. The third kappa shape index (κ3) is 5.04. The molecule has 0 fully saturated rings. The van der Waals surface area contributed by atoms with Crippen molar-refractivity contribution in [2.45, 2.75) is 11.3 Å². The largest absolute Gasteiger partial charge is 0.495 e. The Hall–Kier alpha value is -3.11. The second-order valence-electron chi connectivity index (χ2n) is 6.00. The first-order chi connectivity index (χ1) is 13.9.